The zero-order valence-corrected chi connectivity index (χ0v) is 20.1. The maximum absolute atomic E-state index is 13.0. The summed E-state index contributed by atoms with van der Waals surface area (Å²) >= 11 is 0. The number of carbonyl (C=O) groups is 2. The van der Waals surface area contributed by atoms with Crippen LogP contribution in [0.25, 0.3) is 11.1 Å². The fourth-order valence-electron chi connectivity index (χ4n) is 3.84. The number of hydrogen-bond donors (Lipinski definition) is 2. The Morgan fingerprint density at radius 3 is 2.33 bits per heavy atom. The first-order chi connectivity index (χ1) is 17.6. The predicted octanol–water partition coefficient (Wildman–Crippen LogP) is 5.10. The van der Waals surface area contributed by atoms with E-state index < -0.39 is 6.09 Å². The molecule has 0 aliphatic rings. The van der Waals surface area contributed by atoms with E-state index in [1.165, 1.54) is 0 Å². The number of pyridine rings is 2. The van der Waals surface area contributed by atoms with E-state index in [0.717, 1.165) is 22.4 Å². The van der Waals surface area contributed by atoms with Gasteiger partial charge in [-0.2, -0.15) is 0 Å². The number of alkyl carbamates (subject to hydrolysis) is 1. The smallest absolute Gasteiger partial charge is 0.408 e. The molecule has 2 heterocycles. The second-order valence-corrected chi connectivity index (χ2v) is 8.20. The molecule has 2 amide bonds. The lowest BCUT2D eigenvalue weighted by Crippen LogP contribution is -2.27. The second kappa shape index (κ2) is 12.3. The van der Waals surface area contributed by atoms with Crippen LogP contribution in [0.3, 0.4) is 0 Å². The van der Waals surface area contributed by atoms with Crippen molar-refractivity contribution in [2.24, 2.45) is 0 Å². The normalized spacial score (nSPS) is 11.4. The molecule has 1 atom stereocenters. The molecule has 182 valence electrons. The molecule has 36 heavy (non-hydrogen) atoms. The van der Waals surface area contributed by atoms with Gasteiger partial charge in [-0.05, 0) is 41.8 Å². The fourth-order valence-corrected chi connectivity index (χ4v) is 3.84. The first-order valence-electron chi connectivity index (χ1n) is 11.8. The van der Waals surface area contributed by atoms with Crippen molar-refractivity contribution in [1.29, 1.82) is 0 Å². The average Bonchev–Trinajstić information content (AvgIpc) is 2.93. The lowest BCUT2D eigenvalue weighted by molar-refractivity contribution is 0.0949. The molecule has 0 radical (unpaired) electrons. The number of ether oxygens (including phenoxy) is 1. The highest BCUT2D eigenvalue weighted by Crippen LogP contribution is 2.26. The monoisotopic (exact) mass is 480 g/mol. The zero-order chi connectivity index (χ0) is 25.2. The molecule has 2 aromatic heterocycles. The molecule has 4 aromatic rings. The first kappa shape index (κ1) is 24.6. The van der Waals surface area contributed by atoms with E-state index in [9.17, 15) is 9.59 Å². The summed E-state index contributed by atoms with van der Waals surface area (Å²) in [5.41, 5.74) is 4.50. The highest BCUT2D eigenvalue weighted by Gasteiger charge is 2.17. The topological polar surface area (TPSA) is 93.2 Å². The van der Waals surface area contributed by atoms with Crippen LogP contribution >= 0.6 is 0 Å². The van der Waals surface area contributed by atoms with Crippen molar-refractivity contribution in [3.05, 3.63) is 120 Å². The average molecular weight is 481 g/mol. The maximum atomic E-state index is 13.0. The molecule has 0 aliphatic heterocycles. The van der Waals surface area contributed by atoms with E-state index >= 15 is 0 Å². The lowest BCUT2D eigenvalue weighted by atomic mass is 9.98. The van der Waals surface area contributed by atoms with Gasteiger partial charge in [0.15, 0.2) is 0 Å². The largest absolute Gasteiger partial charge is 0.442 e. The molecule has 0 saturated heterocycles. The number of nitrogens with zero attached hydrogens (tertiary/aromatic N) is 2. The summed E-state index contributed by atoms with van der Waals surface area (Å²) in [4.78, 5) is 34.1. The van der Waals surface area contributed by atoms with Crippen molar-refractivity contribution in [1.82, 2.24) is 20.6 Å². The highest BCUT2D eigenvalue weighted by atomic mass is 16.6. The number of aromatic nitrogens is 2. The molecule has 4 rings (SSSR count). The van der Waals surface area contributed by atoms with Crippen molar-refractivity contribution in [2.45, 2.75) is 26.0 Å². The third kappa shape index (κ3) is 6.54. The van der Waals surface area contributed by atoms with Gasteiger partial charge in [0.25, 0.3) is 5.91 Å². The van der Waals surface area contributed by atoms with Crippen LogP contribution in [0.4, 0.5) is 4.79 Å². The highest BCUT2D eigenvalue weighted by molar-refractivity contribution is 5.99. The van der Waals surface area contributed by atoms with E-state index in [4.69, 9.17) is 4.74 Å². The number of benzene rings is 2. The Balaban J connectivity index is 1.42. The van der Waals surface area contributed by atoms with Crippen LogP contribution in [0.5, 0.6) is 0 Å². The quantitative estimate of drug-likeness (QED) is 0.348. The molecule has 2 aromatic carbocycles. The van der Waals surface area contributed by atoms with Gasteiger partial charge in [-0.15, -0.1) is 0 Å². The summed E-state index contributed by atoms with van der Waals surface area (Å²) in [6.07, 6.45) is 3.07. The Morgan fingerprint density at radius 1 is 0.806 bits per heavy atom. The predicted molar refractivity (Wildman–Crippen MR) is 138 cm³/mol. The van der Waals surface area contributed by atoms with Crippen molar-refractivity contribution in [3.8, 4) is 11.1 Å². The van der Waals surface area contributed by atoms with Crippen LogP contribution < -0.4 is 10.6 Å². The van der Waals surface area contributed by atoms with Crippen LogP contribution in [0.2, 0.25) is 0 Å². The van der Waals surface area contributed by atoms with Gasteiger partial charge < -0.3 is 15.4 Å². The number of carbonyl (C=O) groups excluding carboxylic acids is 2. The molecule has 0 spiro atoms. The third-order valence-electron chi connectivity index (χ3n) is 5.70. The van der Waals surface area contributed by atoms with Gasteiger partial charge in [0, 0.05) is 43.2 Å². The number of amides is 2. The molecule has 0 saturated carbocycles. The third-order valence-corrected chi connectivity index (χ3v) is 5.70. The fraction of sp³-hybridized carbons (Fsp3) is 0.172. The van der Waals surface area contributed by atoms with Crippen LogP contribution in [0.1, 0.15) is 40.3 Å². The molecule has 7 nitrogen and oxygen atoms in total. The number of hydrogen-bond acceptors (Lipinski definition) is 5. The van der Waals surface area contributed by atoms with Gasteiger partial charge in [-0.3, -0.25) is 14.8 Å². The summed E-state index contributed by atoms with van der Waals surface area (Å²) in [6.45, 7) is 2.52. The second-order valence-electron chi connectivity index (χ2n) is 8.20. The summed E-state index contributed by atoms with van der Waals surface area (Å²) in [6, 6.07) is 26.5. The van der Waals surface area contributed by atoms with Gasteiger partial charge in [0.1, 0.15) is 11.8 Å². The van der Waals surface area contributed by atoms with Crippen molar-refractivity contribution >= 4 is 12.0 Å². The minimum absolute atomic E-state index is 0.242. The van der Waals surface area contributed by atoms with E-state index in [2.05, 4.69) is 20.6 Å². The van der Waals surface area contributed by atoms with Crippen LogP contribution in [0.15, 0.2) is 97.3 Å². The van der Waals surface area contributed by atoms with Gasteiger partial charge in [-0.25, -0.2) is 4.79 Å². The van der Waals surface area contributed by atoms with Gasteiger partial charge in [0.05, 0.1) is 0 Å². The van der Waals surface area contributed by atoms with Gasteiger partial charge in [-0.1, -0.05) is 66.7 Å². The summed E-state index contributed by atoms with van der Waals surface area (Å²) in [5, 5.41) is 5.76. The van der Waals surface area contributed by atoms with Gasteiger partial charge in [0.2, 0.25) is 0 Å². The summed E-state index contributed by atoms with van der Waals surface area (Å²) < 4.78 is 5.51. The molecule has 1 unspecified atom stereocenters. The summed E-state index contributed by atoms with van der Waals surface area (Å²) in [7, 11) is 0. The van der Waals surface area contributed by atoms with Gasteiger partial charge >= 0.3 is 6.09 Å². The molecule has 0 fully saturated rings. The SMILES string of the molecule is CC(OC(=O)NCc1ccccc1-c1cccnc1C(=O)NCCc1ccccn1)c1ccccc1. The first-order valence-corrected chi connectivity index (χ1v) is 11.8. The summed E-state index contributed by atoms with van der Waals surface area (Å²) in [5.74, 6) is -0.264. The Labute approximate surface area is 210 Å². The molecule has 0 bridgehead atoms. The van der Waals surface area contributed by atoms with Crippen molar-refractivity contribution in [3.63, 3.8) is 0 Å². The molecule has 2 N–H and O–H groups in total. The number of rotatable bonds is 9. The minimum atomic E-state index is -0.514. The lowest BCUT2D eigenvalue weighted by Gasteiger charge is -2.16. The van der Waals surface area contributed by atoms with E-state index in [1.807, 2.05) is 85.8 Å². The Hall–Kier alpha value is -4.52. The van der Waals surface area contributed by atoms with Crippen LogP contribution in [-0.2, 0) is 17.7 Å². The Kier molecular flexibility index (Phi) is 8.38. The van der Waals surface area contributed by atoms with Crippen molar-refractivity contribution < 1.29 is 14.3 Å². The zero-order valence-electron chi connectivity index (χ0n) is 20.1. The molecular formula is C29H28N4O3. The van der Waals surface area contributed by atoms with E-state index in [1.54, 1.807) is 18.5 Å². The Morgan fingerprint density at radius 2 is 1.53 bits per heavy atom. The number of nitrogens with one attached hydrogen (secondary N) is 2. The van der Waals surface area contributed by atoms with Crippen molar-refractivity contribution in [2.75, 3.05) is 6.54 Å². The molecular weight excluding hydrogens is 452 g/mol. The minimum Gasteiger partial charge on any atom is -0.442 e. The Bertz CT molecular complexity index is 1300. The van der Waals surface area contributed by atoms with E-state index in [0.29, 0.717) is 24.2 Å². The standard InChI is InChI=1S/C29H28N4O3/c1-21(22-10-3-2-4-11-22)36-29(35)33-20-23-12-5-6-14-25(23)26-15-9-18-31-27(26)28(34)32-19-16-24-13-7-8-17-30-24/h2-15,17-18,21H,16,19-20H2,1H3,(H,32,34)(H,33,35). The molecule has 0 aliphatic carbocycles. The molecule has 7 heteroatoms. The maximum Gasteiger partial charge on any atom is 0.408 e. The van der Waals surface area contributed by atoms with Crippen LogP contribution in [-0.4, -0.2) is 28.5 Å². The van der Waals surface area contributed by atoms with E-state index in [-0.39, 0.29) is 18.6 Å². The van der Waals surface area contributed by atoms with Crippen LogP contribution in [0, 0.1) is 0 Å².